The molecular weight excluding hydrogens is 258 g/mol. The second-order valence-corrected chi connectivity index (χ2v) is 6.28. The van der Waals surface area contributed by atoms with Crippen LogP contribution in [0.15, 0.2) is 0 Å². The number of ether oxygens (including phenoxy) is 1. The Bertz CT molecular complexity index is 421. The molecule has 1 aromatic rings. The van der Waals surface area contributed by atoms with Crippen LogP contribution in [0.4, 0.5) is 5.13 Å². The van der Waals surface area contributed by atoms with Crippen molar-refractivity contribution in [1.29, 1.82) is 0 Å². The summed E-state index contributed by atoms with van der Waals surface area (Å²) in [4.78, 5) is 8.37. The molecule has 3 unspecified atom stereocenters. The third kappa shape index (κ3) is 3.09. The Hall–Kier alpha value is -0.650. The first-order valence-electron chi connectivity index (χ1n) is 7.09. The van der Waals surface area contributed by atoms with E-state index in [0.717, 1.165) is 30.4 Å². The lowest BCUT2D eigenvalue weighted by molar-refractivity contribution is 0.118. The molecule has 1 saturated heterocycles. The maximum atomic E-state index is 5.65. The van der Waals surface area contributed by atoms with Gasteiger partial charge >= 0.3 is 0 Å². The van der Waals surface area contributed by atoms with Crippen molar-refractivity contribution in [2.24, 2.45) is 0 Å². The Labute approximate surface area is 120 Å². The fourth-order valence-electron chi connectivity index (χ4n) is 2.72. The normalized spacial score (nSPS) is 24.7. The van der Waals surface area contributed by atoms with Gasteiger partial charge in [0.05, 0.1) is 17.8 Å². The molecule has 19 heavy (non-hydrogen) atoms. The molecule has 5 heteroatoms. The monoisotopic (exact) mass is 283 g/mol. The Morgan fingerprint density at radius 2 is 2.32 bits per heavy atom. The maximum Gasteiger partial charge on any atom is 0.185 e. The molecule has 0 radical (unpaired) electrons. The largest absolute Gasteiger partial charge is 0.376 e. The third-order valence-electron chi connectivity index (χ3n) is 3.86. The number of nitrogens with zero attached hydrogens (tertiary/aromatic N) is 2. The fourth-order valence-corrected chi connectivity index (χ4v) is 3.83. The van der Waals surface area contributed by atoms with Crippen LogP contribution >= 0.6 is 11.3 Å². The van der Waals surface area contributed by atoms with Gasteiger partial charge in [-0.05, 0) is 33.7 Å². The summed E-state index contributed by atoms with van der Waals surface area (Å²) in [7, 11) is 2.13. The number of rotatable bonds is 5. The summed E-state index contributed by atoms with van der Waals surface area (Å²) >= 11 is 1.80. The molecule has 0 aromatic carbocycles. The van der Waals surface area contributed by atoms with Gasteiger partial charge in [0.2, 0.25) is 0 Å². The summed E-state index contributed by atoms with van der Waals surface area (Å²) in [6.07, 6.45) is 1.39. The van der Waals surface area contributed by atoms with Crippen LogP contribution in [0.1, 0.15) is 43.8 Å². The Kier molecular flexibility index (Phi) is 4.81. The minimum Gasteiger partial charge on any atom is -0.376 e. The van der Waals surface area contributed by atoms with Crippen molar-refractivity contribution in [3.05, 3.63) is 10.6 Å². The van der Waals surface area contributed by atoms with Gasteiger partial charge in [0.25, 0.3) is 0 Å². The molecule has 2 rings (SSSR count). The van der Waals surface area contributed by atoms with Crippen molar-refractivity contribution in [1.82, 2.24) is 10.3 Å². The number of thiazole rings is 1. The summed E-state index contributed by atoms with van der Waals surface area (Å²) in [5.41, 5.74) is 1.15. The molecule has 1 aliphatic heterocycles. The zero-order chi connectivity index (χ0) is 14.0. The minimum atomic E-state index is 0.295. The van der Waals surface area contributed by atoms with Gasteiger partial charge in [-0.15, -0.1) is 11.3 Å². The number of likely N-dealkylation sites (N-methyl/N-ethyl adjacent to an activating group) is 1. The number of aromatic nitrogens is 1. The maximum absolute atomic E-state index is 5.65. The van der Waals surface area contributed by atoms with Crippen LogP contribution in [0.2, 0.25) is 0 Å². The van der Waals surface area contributed by atoms with Crippen LogP contribution in [0, 0.1) is 6.92 Å². The molecule has 0 aliphatic carbocycles. The third-order valence-corrected chi connectivity index (χ3v) is 5.29. The van der Waals surface area contributed by atoms with Crippen LogP contribution in [0.3, 0.4) is 0 Å². The molecule has 0 spiro atoms. The summed E-state index contributed by atoms with van der Waals surface area (Å²) in [6, 6.07) is 0.828. The van der Waals surface area contributed by atoms with E-state index in [4.69, 9.17) is 9.72 Å². The number of anilines is 1. The highest BCUT2D eigenvalue weighted by Gasteiger charge is 2.30. The molecule has 1 N–H and O–H groups in total. The van der Waals surface area contributed by atoms with E-state index in [-0.39, 0.29) is 0 Å². The Morgan fingerprint density at radius 3 is 2.89 bits per heavy atom. The number of aryl methyl sites for hydroxylation is 1. The summed E-state index contributed by atoms with van der Waals surface area (Å²) in [5.74, 6) is 0. The number of nitrogens with one attached hydrogen (secondary N) is 1. The minimum absolute atomic E-state index is 0.295. The van der Waals surface area contributed by atoms with Gasteiger partial charge in [0, 0.05) is 24.6 Å². The zero-order valence-corrected chi connectivity index (χ0v) is 13.4. The van der Waals surface area contributed by atoms with Crippen LogP contribution < -0.4 is 10.2 Å². The van der Waals surface area contributed by atoms with Gasteiger partial charge in [-0.3, -0.25) is 0 Å². The quantitative estimate of drug-likeness (QED) is 0.901. The molecule has 1 aromatic heterocycles. The first-order chi connectivity index (χ1) is 9.04. The first kappa shape index (κ1) is 14.8. The van der Waals surface area contributed by atoms with Gasteiger partial charge in [0.15, 0.2) is 5.13 Å². The van der Waals surface area contributed by atoms with Gasteiger partial charge in [-0.2, -0.15) is 0 Å². The lowest BCUT2D eigenvalue weighted by Crippen LogP contribution is -2.36. The van der Waals surface area contributed by atoms with E-state index in [1.54, 1.807) is 11.3 Å². The highest BCUT2D eigenvalue weighted by molar-refractivity contribution is 7.15. The molecule has 1 aliphatic rings. The number of hydrogen-bond acceptors (Lipinski definition) is 5. The van der Waals surface area contributed by atoms with Crippen molar-refractivity contribution in [2.75, 3.05) is 25.1 Å². The van der Waals surface area contributed by atoms with Crippen molar-refractivity contribution in [3.8, 4) is 0 Å². The van der Waals surface area contributed by atoms with Gasteiger partial charge < -0.3 is 15.0 Å². The highest BCUT2D eigenvalue weighted by atomic mass is 32.1. The first-order valence-corrected chi connectivity index (χ1v) is 7.91. The van der Waals surface area contributed by atoms with Gasteiger partial charge in [-0.25, -0.2) is 4.98 Å². The summed E-state index contributed by atoms with van der Waals surface area (Å²) < 4.78 is 5.65. The highest BCUT2D eigenvalue weighted by Crippen LogP contribution is 2.33. The van der Waals surface area contributed by atoms with E-state index in [0.29, 0.717) is 18.2 Å². The summed E-state index contributed by atoms with van der Waals surface area (Å²) in [5, 5.41) is 4.57. The van der Waals surface area contributed by atoms with E-state index in [2.05, 4.69) is 45.0 Å². The number of hydrogen-bond donors (Lipinski definition) is 1. The van der Waals surface area contributed by atoms with E-state index >= 15 is 0 Å². The van der Waals surface area contributed by atoms with Crippen LogP contribution in [-0.2, 0) is 4.74 Å². The van der Waals surface area contributed by atoms with Crippen molar-refractivity contribution < 1.29 is 4.74 Å². The lowest BCUT2D eigenvalue weighted by Gasteiger charge is -2.26. The molecule has 0 saturated carbocycles. The zero-order valence-electron chi connectivity index (χ0n) is 12.6. The average Bonchev–Trinajstić information content (AvgIpc) is 2.95. The van der Waals surface area contributed by atoms with E-state index < -0.39 is 0 Å². The topological polar surface area (TPSA) is 37.4 Å². The predicted octanol–water partition coefficient (Wildman–Crippen LogP) is 2.74. The molecule has 3 atom stereocenters. The van der Waals surface area contributed by atoms with E-state index in [1.165, 1.54) is 4.88 Å². The SMILES string of the molecule is CCNC(C)c1sc(N(C)C2CCOC2C)nc1C. The summed E-state index contributed by atoms with van der Waals surface area (Å²) in [6.45, 7) is 10.4. The van der Waals surface area contributed by atoms with Crippen LogP contribution in [-0.4, -0.2) is 37.3 Å². The second-order valence-electron chi connectivity index (χ2n) is 5.27. The molecule has 1 fully saturated rings. The average molecular weight is 283 g/mol. The van der Waals surface area contributed by atoms with E-state index in [9.17, 15) is 0 Å². The lowest BCUT2D eigenvalue weighted by atomic mass is 10.1. The molecule has 0 bridgehead atoms. The molecule has 4 nitrogen and oxygen atoms in total. The molecular formula is C14H25N3OS. The molecule has 2 heterocycles. The van der Waals surface area contributed by atoms with Crippen LogP contribution in [0.25, 0.3) is 0 Å². The fraction of sp³-hybridized carbons (Fsp3) is 0.786. The predicted molar refractivity (Wildman–Crippen MR) is 81.2 cm³/mol. The van der Waals surface area contributed by atoms with Crippen molar-refractivity contribution in [2.45, 2.75) is 52.3 Å². The van der Waals surface area contributed by atoms with Crippen molar-refractivity contribution >= 4 is 16.5 Å². The molecule has 108 valence electrons. The second kappa shape index (κ2) is 6.20. The van der Waals surface area contributed by atoms with E-state index in [1.807, 2.05) is 0 Å². The van der Waals surface area contributed by atoms with Gasteiger partial charge in [0.1, 0.15) is 0 Å². The standard InChI is InChI=1S/C14H25N3OS/c1-6-15-9(2)13-10(3)16-14(19-13)17(5)12-7-8-18-11(12)4/h9,11-12,15H,6-8H2,1-5H3. The van der Waals surface area contributed by atoms with Crippen LogP contribution in [0.5, 0.6) is 0 Å². The Balaban J connectivity index is 2.14. The van der Waals surface area contributed by atoms with Crippen molar-refractivity contribution in [3.63, 3.8) is 0 Å². The molecule has 0 amide bonds. The Morgan fingerprint density at radius 1 is 1.58 bits per heavy atom. The van der Waals surface area contributed by atoms with Gasteiger partial charge in [-0.1, -0.05) is 6.92 Å². The smallest absolute Gasteiger partial charge is 0.185 e.